The Labute approximate surface area is 160 Å². The molecule has 0 spiro atoms. The molecule has 1 N–H and O–H groups in total. The molecule has 0 bridgehead atoms. The monoisotopic (exact) mass is 376 g/mol. The zero-order chi connectivity index (χ0) is 19.2. The van der Waals surface area contributed by atoms with Crippen LogP contribution in [0.25, 0.3) is 0 Å². The fourth-order valence-electron chi connectivity index (χ4n) is 3.44. The second kappa shape index (κ2) is 9.17. The van der Waals surface area contributed by atoms with E-state index in [0.29, 0.717) is 31.8 Å². The second-order valence-electron chi connectivity index (χ2n) is 7.07. The lowest BCUT2D eigenvalue weighted by Crippen LogP contribution is -2.55. The number of carbonyl (C=O) groups is 1. The van der Waals surface area contributed by atoms with Gasteiger partial charge in [0.05, 0.1) is 6.54 Å². The summed E-state index contributed by atoms with van der Waals surface area (Å²) in [4.78, 5) is 21.2. The SMILES string of the molecule is CCNC(=NCc1ccc(C)c(F)c1)N1CCN(C(=O)C2CCCO2)CC1. The van der Waals surface area contributed by atoms with Crippen LogP contribution in [0.3, 0.4) is 0 Å². The fourth-order valence-corrected chi connectivity index (χ4v) is 3.44. The van der Waals surface area contributed by atoms with E-state index in [1.165, 1.54) is 0 Å². The highest BCUT2D eigenvalue weighted by molar-refractivity contribution is 5.82. The summed E-state index contributed by atoms with van der Waals surface area (Å²) in [5, 5.41) is 3.30. The zero-order valence-corrected chi connectivity index (χ0v) is 16.2. The van der Waals surface area contributed by atoms with Crippen LogP contribution in [0.4, 0.5) is 4.39 Å². The van der Waals surface area contributed by atoms with Crippen LogP contribution in [0, 0.1) is 12.7 Å². The van der Waals surface area contributed by atoms with Gasteiger partial charge in [0.2, 0.25) is 0 Å². The molecule has 148 valence electrons. The Morgan fingerprint density at radius 1 is 1.30 bits per heavy atom. The second-order valence-corrected chi connectivity index (χ2v) is 7.07. The van der Waals surface area contributed by atoms with Gasteiger partial charge in [-0.3, -0.25) is 4.79 Å². The minimum Gasteiger partial charge on any atom is -0.368 e. The van der Waals surface area contributed by atoms with E-state index in [1.54, 1.807) is 19.1 Å². The average Bonchev–Trinajstić information content (AvgIpc) is 3.22. The summed E-state index contributed by atoms with van der Waals surface area (Å²) in [6.45, 7) is 8.45. The number of hydrogen-bond acceptors (Lipinski definition) is 3. The van der Waals surface area contributed by atoms with E-state index in [1.807, 2.05) is 17.9 Å². The number of nitrogens with one attached hydrogen (secondary N) is 1. The van der Waals surface area contributed by atoms with Gasteiger partial charge in [0.25, 0.3) is 5.91 Å². The molecule has 2 aliphatic heterocycles. The average molecular weight is 376 g/mol. The molecule has 6 nitrogen and oxygen atoms in total. The van der Waals surface area contributed by atoms with Gasteiger partial charge in [-0.05, 0) is 43.9 Å². The molecule has 27 heavy (non-hydrogen) atoms. The van der Waals surface area contributed by atoms with Crippen LogP contribution in [-0.4, -0.2) is 67.1 Å². The third-order valence-corrected chi connectivity index (χ3v) is 5.08. The van der Waals surface area contributed by atoms with Crippen molar-refractivity contribution in [3.63, 3.8) is 0 Å². The number of halogens is 1. The van der Waals surface area contributed by atoms with Gasteiger partial charge >= 0.3 is 0 Å². The van der Waals surface area contributed by atoms with E-state index in [0.717, 1.165) is 44.0 Å². The maximum absolute atomic E-state index is 13.7. The van der Waals surface area contributed by atoms with Crippen LogP contribution in [0.5, 0.6) is 0 Å². The number of aliphatic imine (C=N–C) groups is 1. The highest BCUT2D eigenvalue weighted by Crippen LogP contribution is 2.16. The lowest BCUT2D eigenvalue weighted by Gasteiger charge is -2.37. The summed E-state index contributed by atoms with van der Waals surface area (Å²) in [6.07, 6.45) is 1.54. The van der Waals surface area contributed by atoms with Crippen LogP contribution in [0.1, 0.15) is 30.9 Å². The van der Waals surface area contributed by atoms with E-state index in [-0.39, 0.29) is 17.8 Å². The van der Waals surface area contributed by atoms with Crippen molar-refractivity contribution in [3.8, 4) is 0 Å². The van der Waals surface area contributed by atoms with Crippen molar-refractivity contribution < 1.29 is 13.9 Å². The molecule has 1 unspecified atom stereocenters. The quantitative estimate of drug-likeness (QED) is 0.644. The standard InChI is InChI=1S/C20H29FN4O2/c1-3-22-20(23-14-16-7-6-15(2)17(21)13-16)25-10-8-24(9-11-25)19(26)18-5-4-12-27-18/h6-7,13,18H,3-5,8-12,14H2,1-2H3,(H,22,23). The normalized spacial score (nSPS) is 20.9. The van der Waals surface area contributed by atoms with E-state index < -0.39 is 0 Å². The van der Waals surface area contributed by atoms with Crippen molar-refractivity contribution in [3.05, 3.63) is 35.1 Å². The Balaban J connectivity index is 1.58. The largest absolute Gasteiger partial charge is 0.368 e. The first-order chi connectivity index (χ1) is 13.1. The topological polar surface area (TPSA) is 57.2 Å². The van der Waals surface area contributed by atoms with Gasteiger partial charge in [0.15, 0.2) is 5.96 Å². The summed E-state index contributed by atoms with van der Waals surface area (Å²) < 4.78 is 19.2. The summed E-state index contributed by atoms with van der Waals surface area (Å²) in [6, 6.07) is 5.23. The van der Waals surface area contributed by atoms with Gasteiger partial charge < -0.3 is 19.9 Å². The van der Waals surface area contributed by atoms with Crippen LogP contribution in [0.15, 0.2) is 23.2 Å². The van der Waals surface area contributed by atoms with Crippen LogP contribution >= 0.6 is 0 Å². The minimum atomic E-state index is -0.255. The van der Waals surface area contributed by atoms with Crippen LogP contribution in [-0.2, 0) is 16.1 Å². The Morgan fingerprint density at radius 3 is 2.67 bits per heavy atom. The number of carbonyl (C=O) groups excluding carboxylic acids is 1. The molecule has 1 amide bonds. The predicted octanol–water partition coefficient (Wildman–Crippen LogP) is 1.92. The summed E-state index contributed by atoms with van der Waals surface area (Å²) in [5.41, 5.74) is 1.49. The lowest BCUT2D eigenvalue weighted by atomic mass is 10.1. The number of piperazine rings is 1. The number of guanidine groups is 1. The van der Waals surface area contributed by atoms with E-state index in [4.69, 9.17) is 4.74 Å². The first kappa shape index (κ1) is 19.6. The van der Waals surface area contributed by atoms with Gasteiger partial charge in [0, 0.05) is 39.3 Å². The number of rotatable bonds is 4. The summed E-state index contributed by atoms with van der Waals surface area (Å²) >= 11 is 0. The molecule has 1 aromatic carbocycles. The molecule has 2 saturated heterocycles. The van der Waals surface area contributed by atoms with Gasteiger partial charge in [-0.1, -0.05) is 12.1 Å². The first-order valence-corrected chi connectivity index (χ1v) is 9.77. The Hall–Kier alpha value is -2.15. The van der Waals surface area contributed by atoms with E-state index >= 15 is 0 Å². The van der Waals surface area contributed by atoms with Gasteiger partial charge in [-0.25, -0.2) is 9.38 Å². The lowest BCUT2D eigenvalue weighted by molar-refractivity contribution is -0.142. The molecular weight excluding hydrogens is 347 g/mol. The number of aryl methyl sites for hydroxylation is 1. The number of benzene rings is 1. The van der Waals surface area contributed by atoms with Crippen molar-refractivity contribution in [2.24, 2.45) is 4.99 Å². The molecule has 1 aromatic rings. The maximum Gasteiger partial charge on any atom is 0.251 e. The maximum atomic E-state index is 13.7. The number of amides is 1. The molecule has 3 rings (SSSR count). The Kier molecular flexibility index (Phi) is 6.66. The zero-order valence-electron chi connectivity index (χ0n) is 16.2. The third-order valence-electron chi connectivity index (χ3n) is 5.08. The predicted molar refractivity (Wildman–Crippen MR) is 103 cm³/mol. The number of hydrogen-bond donors (Lipinski definition) is 1. The molecule has 2 heterocycles. The Morgan fingerprint density at radius 2 is 2.04 bits per heavy atom. The molecule has 0 radical (unpaired) electrons. The highest BCUT2D eigenvalue weighted by Gasteiger charge is 2.30. The van der Waals surface area contributed by atoms with Crippen molar-refractivity contribution in [1.29, 1.82) is 0 Å². The molecule has 2 fully saturated rings. The van der Waals surface area contributed by atoms with Crippen molar-refractivity contribution >= 4 is 11.9 Å². The molecule has 2 aliphatic rings. The smallest absolute Gasteiger partial charge is 0.251 e. The molecule has 0 aliphatic carbocycles. The molecular formula is C20H29FN4O2. The molecule has 1 atom stereocenters. The van der Waals surface area contributed by atoms with Crippen molar-refractivity contribution in [2.45, 2.75) is 39.3 Å². The Bertz CT molecular complexity index is 681. The summed E-state index contributed by atoms with van der Waals surface area (Å²) in [7, 11) is 0. The molecule has 7 heteroatoms. The van der Waals surface area contributed by atoms with Gasteiger partial charge in [-0.2, -0.15) is 0 Å². The summed E-state index contributed by atoms with van der Waals surface area (Å²) in [5.74, 6) is 0.723. The van der Waals surface area contributed by atoms with Crippen molar-refractivity contribution in [1.82, 2.24) is 15.1 Å². The van der Waals surface area contributed by atoms with Crippen LogP contribution < -0.4 is 5.32 Å². The van der Waals surface area contributed by atoms with E-state index in [9.17, 15) is 9.18 Å². The van der Waals surface area contributed by atoms with Crippen molar-refractivity contribution in [2.75, 3.05) is 39.3 Å². The fraction of sp³-hybridized carbons (Fsp3) is 0.600. The molecule has 0 saturated carbocycles. The first-order valence-electron chi connectivity index (χ1n) is 9.77. The number of nitrogens with zero attached hydrogens (tertiary/aromatic N) is 3. The van der Waals surface area contributed by atoms with Gasteiger partial charge in [-0.15, -0.1) is 0 Å². The number of ether oxygens (including phenoxy) is 1. The highest BCUT2D eigenvalue weighted by atomic mass is 19.1. The minimum absolute atomic E-state index is 0.115. The van der Waals surface area contributed by atoms with Gasteiger partial charge in [0.1, 0.15) is 11.9 Å². The van der Waals surface area contributed by atoms with Crippen LogP contribution in [0.2, 0.25) is 0 Å². The van der Waals surface area contributed by atoms with E-state index in [2.05, 4.69) is 15.2 Å². The molecule has 0 aromatic heterocycles. The third kappa shape index (κ3) is 4.97.